The Morgan fingerprint density at radius 2 is 1.81 bits per heavy atom. The number of furan rings is 1. The predicted molar refractivity (Wildman–Crippen MR) is 58.5 cm³/mol. The lowest BCUT2D eigenvalue weighted by molar-refractivity contribution is 0.310. The van der Waals surface area contributed by atoms with Crippen LogP contribution < -0.4 is 9.47 Å². The van der Waals surface area contributed by atoms with E-state index in [1.54, 1.807) is 31.4 Å². The van der Waals surface area contributed by atoms with Crippen LogP contribution in [0.5, 0.6) is 23.2 Å². The first-order valence-corrected chi connectivity index (χ1v) is 4.86. The third-order valence-corrected chi connectivity index (χ3v) is 2.23. The van der Waals surface area contributed by atoms with E-state index in [0.29, 0.717) is 5.75 Å². The van der Waals surface area contributed by atoms with Crippen molar-refractivity contribution >= 4 is 11.6 Å². The maximum Gasteiger partial charge on any atom is 0.328 e. The smallest absolute Gasteiger partial charge is 0.328 e. The molecule has 2 rings (SSSR count). The van der Waals surface area contributed by atoms with Crippen LogP contribution in [0.2, 0.25) is 5.02 Å². The quantitative estimate of drug-likeness (QED) is 0.893. The van der Waals surface area contributed by atoms with Crippen LogP contribution in [0, 0.1) is 0 Å². The van der Waals surface area contributed by atoms with Gasteiger partial charge < -0.3 is 19.0 Å². The van der Waals surface area contributed by atoms with Crippen molar-refractivity contribution in [3.05, 3.63) is 35.6 Å². The van der Waals surface area contributed by atoms with Crippen LogP contribution in [0.1, 0.15) is 0 Å². The van der Waals surface area contributed by atoms with E-state index in [1.165, 1.54) is 6.26 Å². The van der Waals surface area contributed by atoms with Crippen LogP contribution in [0.3, 0.4) is 0 Å². The Morgan fingerprint density at radius 1 is 1.19 bits per heavy atom. The van der Waals surface area contributed by atoms with Crippen LogP contribution in [-0.2, 0) is 0 Å². The Balaban J connectivity index is 2.20. The standard InChI is InChI=1S/C11H9ClO4/c1-14-7-2-4-8(5-3-7)16-10-9(12)6-15-11(10)13/h2-6,13H,1H3. The van der Waals surface area contributed by atoms with Gasteiger partial charge in [0.1, 0.15) is 22.8 Å². The summed E-state index contributed by atoms with van der Waals surface area (Å²) in [5.74, 6) is 1.00. The van der Waals surface area contributed by atoms with E-state index in [2.05, 4.69) is 4.42 Å². The maximum absolute atomic E-state index is 9.29. The molecule has 1 aromatic heterocycles. The second kappa shape index (κ2) is 4.37. The fourth-order valence-electron chi connectivity index (χ4n) is 1.17. The van der Waals surface area contributed by atoms with E-state index in [1.807, 2.05) is 0 Å². The fraction of sp³-hybridized carbons (Fsp3) is 0.0909. The highest BCUT2D eigenvalue weighted by atomic mass is 35.5. The molecule has 0 saturated carbocycles. The molecule has 0 aliphatic rings. The van der Waals surface area contributed by atoms with Gasteiger partial charge in [0.25, 0.3) is 0 Å². The number of benzene rings is 1. The molecule has 4 nitrogen and oxygen atoms in total. The van der Waals surface area contributed by atoms with Gasteiger partial charge >= 0.3 is 5.95 Å². The third kappa shape index (κ3) is 2.06. The summed E-state index contributed by atoms with van der Waals surface area (Å²) < 4.78 is 15.0. The number of ether oxygens (including phenoxy) is 2. The lowest BCUT2D eigenvalue weighted by Crippen LogP contribution is -1.85. The number of hydrogen-bond donors (Lipinski definition) is 1. The number of hydrogen-bond acceptors (Lipinski definition) is 4. The Morgan fingerprint density at radius 3 is 2.31 bits per heavy atom. The van der Waals surface area contributed by atoms with Gasteiger partial charge in [-0.3, -0.25) is 0 Å². The summed E-state index contributed by atoms with van der Waals surface area (Å²) in [6.45, 7) is 0. The van der Waals surface area contributed by atoms with Gasteiger partial charge in [0.15, 0.2) is 0 Å². The first kappa shape index (κ1) is 10.7. The monoisotopic (exact) mass is 240 g/mol. The Labute approximate surface area is 97.0 Å². The molecular weight excluding hydrogens is 232 g/mol. The Kier molecular flexibility index (Phi) is 2.92. The molecule has 0 bridgehead atoms. The van der Waals surface area contributed by atoms with Crippen molar-refractivity contribution in [1.82, 2.24) is 0 Å². The summed E-state index contributed by atoms with van der Waals surface area (Å²) in [6, 6.07) is 6.87. The summed E-state index contributed by atoms with van der Waals surface area (Å²) in [5, 5.41) is 9.51. The molecule has 0 spiro atoms. The van der Waals surface area contributed by atoms with Gasteiger partial charge in [-0.15, -0.1) is 0 Å². The molecular formula is C11H9ClO4. The van der Waals surface area contributed by atoms with Gasteiger partial charge in [-0.25, -0.2) is 0 Å². The third-order valence-electron chi connectivity index (χ3n) is 1.96. The molecule has 0 saturated heterocycles. The van der Waals surface area contributed by atoms with Crippen molar-refractivity contribution in [1.29, 1.82) is 0 Å². The van der Waals surface area contributed by atoms with Gasteiger partial charge in [-0.05, 0) is 24.3 Å². The van der Waals surface area contributed by atoms with Crippen molar-refractivity contribution in [2.45, 2.75) is 0 Å². The minimum Gasteiger partial charge on any atom is -0.497 e. The number of halogens is 1. The molecule has 0 atom stereocenters. The molecule has 5 heteroatoms. The van der Waals surface area contributed by atoms with Crippen molar-refractivity contribution in [3.63, 3.8) is 0 Å². The fourth-order valence-corrected chi connectivity index (χ4v) is 1.33. The predicted octanol–water partition coefficient (Wildman–Crippen LogP) is 3.44. The summed E-state index contributed by atoms with van der Waals surface area (Å²) in [4.78, 5) is 0. The Hall–Kier alpha value is -1.81. The number of aromatic hydroxyl groups is 1. The van der Waals surface area contributed by atoms with E-state index in [4.69, 9.17) is 21.1 Å². The lowest BCUT2D eigenvalue weighted by Gasteiger charge is -2.04. The van der Waals surface area contributed by atoms with Crippen molar-refractivity contribution < 1.29 is 19.0 Å². The average Bonchev–Trinajstić information content (AvgIpc) is 2.62. The van der Waals surface area contributed by atoms with Crippen molar-refractivity contribution in [3.8, 4) is 23.2 Å². The molecule has 1 N–H and O–H groups in total. The van der Waals surface area contributed by atoms with Crippen LogP contribution in [0.4, 0.5) is 0 Å². The molecule has 0 fully saturated rings. The first-order chi connectivity index (χ1) is 7.70. The van der Waals surface area contributed by atoms with E-state index in [9.17, 15) is 5.11 Å². The topological polar surface area (TPSA) is 51.8 Å². The highest BCUT2D eigenvalue weighted by Gasteiger charge is 2.13. The lowest BCUT2D eigenvalue weighted by atomic mass is 10.3. The zero-order valence-corrected chi connectivity index (χ0v) is 9.19. The van der Waals surface area contributed by atoms with Gasteiger partial charge in [0, 0.05) is 0 Å². The van der Waals surface area contributed by atoms with Gasteiger partial charge in [0.2, 0.25) is 5.75 Å². The highest BCUT2D eigenvalue weighted by Crippen LogP contribution is 2.39. The number of methoxy groups -OCH3 is 1. The minimum absolute atomic E-state index is 0.104. The summed E-state index contributed by atoms with van der Waals surface area (Å²) in [6.07, 6.45) is 1.20. The second-order valence-electron chi connectivity index (χ2n) is 3.00. The normalized spacial score (nSPS) is 10.1. The molecule has 2 aromatic rings. The molecule has 0 aliphatic carbocycles. The zero-order valence-electron chi connectivity index (χ0n) is 8.44. The zero-order chi connectivity index (χ0) is 11.5. The van der Waals surface area contributed by atoms with Gasteiger partial charge in [0.05, 0.1) is 7.11 Å². The van der Waals surface area contributed by atoms with E-state index in [0.717, 1.165) is 5.75 Å². The van der Waals surface area contributed by atoms with Crippen molar-refractivity contribution in [2.75, 3.05) is 7.11 Å². The van der Waals surface area contributed by atoms with Crippen LogP contribution >= 0.6 is 11.6 Å². The van der Waals surface area contributed by atoms with E-state index in [-0.39, 0.29) is 16.7 Å². The summed E-state index contributed by atoms with van der Waals surface area (Å²) in [5.41, 5.74) is 0. The van der Waals surface area contributed by atoms with Crippen LogP contribution in [0.15, 0.2) is 34.9 Å². The largest absolute Gasteiger partial charge is 0.497 e. The second-order valence-corrected chi connectivity index (χ2v) is 3.40. The highest BCUT2D eigenvalue weighted by molar-refractivity contribution is 6.32. The van der Waals surface area contributed by atoms with Gasteiger partial charge in [-0.1, -0.05) is 11.6 Å². The van der Waals surface area contributed by atoms with Gasteiger partial charge in [-0.2, -0.15) is 0 Å². The SMILES string of the molecule is COc1ccc(Oc2c(Cl)coc2O)cc1. The van der Waals surface area contributed by atoms with Crippen LogP contribution in [-0.4, -0.2) is 12.2 Å². The van der Waals surface area contributed by atoms with E-state index >= 15 is 0 Å². The minimum atomic E-state index is -0.346. The maximum atomic E-state index is 9.29. The average molecular weight is 241 g/mol. The molecule has 1 heterocycles. The molecule has 0 unspecified atom stereocenters. The molecule has 84 valence electrons. The molecule has 0 aliphatic heterocycles. The van der Waals surface area contributed by atoms with Crippen LogP contribution in [0.25, 0.3) is 0 Å². The molecule has 0 radical (unpaired) electrons. The first-order valence-electron chi connectivity index (χ1n) is 4.48. The summed E-state index contributed by atoms with van der Waals surface area (Å²) >= 11 is 5.75. The number of rotatable bonds is 3. The Bertz CT molecular complexity index is 456. The van der Waals surface area contributed by atoms with E-state index < -0.39 is 0 Å². The molecule has 0 amide bonds. The van der Waals surface area contributed by atoms with Crippen molar-refractivity contribution in [2.24, 2.45) is 0 Å². The molecule has 16 heavy (non-hydrogen) atoms. The molecule has 1 aromatic carbocycles. The summed E-state index contributed by atoms with van der Waals surface area (Å²) in [7, 11) is 1.58.